The molecule has 6 heteroatoms. The molecule has 0 heterocycles. The first-order chi connectivity index (χ1) is 11.0. The van der Waals surface area contributed by atoms with Crippen molar-refractivity contribution in [2.24, 2.45) is 5.16 Å². The third-order valence-electron chi connectivity index (χ3n) is 3.02. The number of aryl methyl sites for hydroxylation is 1. The zero-order valence-corrected chi connectivity index (χ0v) is 12.4. The van der Waals surface area contributed by atoms with Gasteiger partial charge < -0.3 is 9.57 Å². The fraction of sp³-hybridized carbons (Fsp3) is 0.235. The monoisotopic (exact) mass is 322 g/mol. The lowest BCUT2D eigenvalue weighted by atomic mass is 10.1. The van der Waals surface area contributed by atoms with Crippen molar-refractivity contribution in [2.45, 2.75) is 26.3 Å². The van der Waals surface area contributed by atoms with Gasteiger partial charge in [-0.3, -0.25) is 0 Å². The van der Waals surface area contributed by atoms with E-state index in [4.69, 9.17) is 4.84 Å². The molecule has 0 aliphatic carbocycles. The Hall–Kier alpha value is -2.50. The molecular weight excluding hydrogens is 307 g/mol. The normalized spacial score (nSPS) is 11.7. The van der Waals surface area contributed by atoms with Crippen LogP contribution in [0.2, 0.25) is 0 Å². The molecule has 0 atom stereocenters. The quantitative estimate of drug-likeness (QED) is 0.576. The first-order valence-electron chi connectivity index (χ1n) is 6.98. The zero-order valence-electron chi connectivity index (χ0n) is 12.4. The molecule has 0 fully saturated rings. The number of hydrogen-bond acceptors (Lipinski definition) is 3. The second kappa shape index (κ2) is 7.67. The van der Waals surface area contributed by atoms with Gasteiger partial charge in [-0.05, 0) is 29.7 Å². The largest absolute Gasteiger partial charge is 0.573 e. The summed E-state index contributed by atoms with van der Waals surface area (Å²) in [5.74, 6) is -0.270. The topological polar surface area (TPSA) is 30.8 Å². The SMILES string of the molecule is CCc1ccccc1/[C]=N\OCc1ccc(OC(F)(F)F)cc1. The Morgan fingerprint density at radius 3 is 2.39 bits per heavy atom. The van der Waals surface area contributed by atoms with Crippen LogP contribution in [0, 0.1) is 0 Å². The van der Waals surface area contributed by atoms with E-state index in [2.05, 4.69) is 16.1 Å². The number of benzene rings is 2. The summed E-state index contributed by atoms with van der Waals surface area (Å²) in [6, 6.07) is 13.1. The highest BCUT2D eigenvalue weighted by molar-refractivity contribution is 5.81. The molecule has 2 aromatic rings. The van der Waals surface area contributed by atoms with Crippen LogP contribution >= 0.6 is 0 Å². The molecule has 0 bridgehead atoms. The number of nitrogens with zero attached hydrogens (tertiary/aromatic N) is 1. The predicted molar refractivity (Wildman–Crippen MR) is 80.3 cm³/mol. The molecule has 0 unspecified atom stereocenters. The fourth-order valence-corrected chi connectivity index (χ4v) is 1.91. The van der Waals surface area contributed by atoms with Crippen molar-refractivity contribution >= 4 is 6.21 Å². The molecule has 2 aromatic carbocycles. The molecule has 3 nitrogen and oxygen atoms in total. The van der Waals surface area contributed by atoms with Gasteiger partial charge in [0.2, 0.25) is 0 Å². The van der Waals surface area contributed by atoms with Crippen molar-refractivity contribution in [3.8, 4) is 5.75 Å². The average molecular weight is 322 g/mol. The minimum Gasteiger partial charge on any atom is -0.406 e. The van der Waals surface area contributed by atoms with Gasteiger partial charge in [0.25, 0.3) is 0 Å². The summed E-state index contributed by atoms with van der Waals surface area (Å²) < 4.78 is 39.9. The lowest BCUT2D eigenvalue weighted by Gasteiger charge is -2.08. The van der Waals surface area contributed by atoms with Crippen LogP contribution in [0.15, 0.2) is 53.7 Å². The maximum absolute atomic E-state index is 12.0. The summed E-state index contributed by atoms with van der Waals surface area (Å²) >= 11 is 0. The molecule has 0 aliphatic rings. The van der Waals surface area contributed by atoms with Gasteiger partial charge in [-0.25, -0.2) is 0 Å². The molecule has 121 valence electrons. The van der Waals surface area contributed by atoms with E-state index in [9.17, 15) is 13.2 Å². The molecule has 0 aromatic heterocycles. The smallest absolute Gasteiger partial charge is 0.406 e. The van der Waals surface area contributed by atoms with Gasteiger partial charge in [0.1, 0.15) is 18.6 Å². The molecule has 1 radical (unpaired) electrons. The molecule has 23 heavy (non-hydrogen) atoms. The summed E-state index contributed by atoms with van der Waals surface area (Å²) in [4.78, 5) is 5.11. The zero-order chi connectivity index (χ0) is 16.7. The van der Waals surface area contributed by atoms with Gasteiger partial charge in [-0.15, -0.1) is 13.2 Å². The van der Waals surface area contributed by atoms with E-state index in [0.29, 0.717) is 5.56 Å². The first kappa shape index (κ1) is 16.9. The molecule has 0 spiro atoms. The highest BCUT2D eigenvalue weighted by Gasteiger charge is 2.30. The van der Waals surface area contributed by atoms with Gasteiger partial charge in [-0.1, -0.05) is 48.5 Å². The first-order valence-corrected chi connectivity index (χ1v) is 6.98. The number of hydrogen-bond donors (Lipinski definition) is 0. The van der Waals surface area contributed by atoms with E-state index < -0.39 is 6.36 Å². The van der Waals surface area contributed by atoms with E-state index in [1.807, 2.05) is 31.2 Å². The van der Waals surface area contributed by atoms with E-state index in [0.717, 1.165) is 17.5 Å². The standard InChI is InChI=1S/C17H15F3NO2/c1-2-14-5-3-4-6-15(14)11-21-22-12-13-7-9-16(10-8-13)23-17(18,19)20/h3-10H,2,12H2,1H3. The number of rotatable bonds is 6. The van der Waals surface area contributed by atoms with E-state index in [-0.39, 0.29) is 12.4 Å². The predicted octanol–water partition coefficient (Wildman–Crippen LogP) is 4.58. The molecule has 0 aliphatic heterocycles. The molecule has 2 rings (SSSR count). The molecular formula is C17H15F3NO2. The molecule has 0 amide bonds. The van der Waals surface area contributed by atoms with Crippen molar-refractivity contribution in [3.63, 3.8) is 0 Å². The Morgan fingerprint density at radius 1 is 1.04 bits per heavy atom. The van der Waals surface area contributed by atoms with Gasteiger partial charge in [0.05, 0.1) is 0 Å². The average Bonchev–Trinajstić information content (AvgIpc) is 2.52. The Balaban J connectivity index is 1.87. The maximum Gasteiger partial charge on any atom is 0.573 e. The fourth-order valence-electron chi connectivity index (χ4n) is 1.91. The number of alkyl halides is 3. The van der Waals surface area contributed by atoms with Crippen LogP contribution in [-0.4, -0.2) is 12.6 Å². The third kappa shape index (κ3) is 5.65. The van der Waals surface area contributed by atoms with Crippen molar-refractivity contribution in [1.29, 1.82) is 0 Å². The highest BCUT2D eigenvalue weighted by atomic mass is 19.4. The number of ether oxygens (including phenoxy) is 1. The van der Waals surface area contributed by atoms with E-state index in [1.54, 1.807) is 0 Å². The minimum atomic E-state index is -4.69. The summed E-state index contributed by atoms with van der Waals surface area (Å²) in [6.07, 6.45) is -1.02. The van der Waals surface area contributed by atoms with Crippen molar-refractivity contribution in [1.82, 2.24) is 0 Å². The van der Waals surface area contributed by atoms with Crippen molar-refractivity contribution < 1.29 is 22.7 Å². The van der Waals surface area contributed by atoms with Crippen LogP contribution in [0.4, 0.5) is 13.2 Å². The Labute approximate surface area is 132 Å². The molecule has 0 N–H and O–H groups in total. The van der Waals surface area contributed by atoms with Crippen molar-refractivity contribution in [2.75, 3.05) is 0 Å². The molecule has 0 saturated carbocycles. The Bertz CT molecular complexity index is 652. The summed E-state index contributed by atoms with van der Waals surface area (Å²) in [6.45, 7) is 2.17. The van der Waals surface area contributed by atoms with Crippen LogP contribution in [0.25, 0.3) is 0 Å². The van der Waals surface area contributed by atoms with Gasteiger partial charge in [-0.2, -0.15) is 0 Å². The minimum absolute atomic E-state index is 0.133. The van der Waals surface area contributed by atoms with Crippen LogP contribution in [-0.2, 0) is 17.9 Å². The van der Waals surface area contributed by atoms with Crippen LogP contribution in [0.1, 0.15) is 23.6 Å². The second-order valence-electron chi connectivity index (χ2n) is 4.68. The lowest BCUT2D eigenvalue weighted by molar-refractivity contribution is -0.274. The van der Waals surface area contributed by atoms with E-state index in [1.165, 1.54) is 24.3 Å². The Morgan fingerprint density at radius 2 is 1.74 bits per heavy atom. The summed E-state index contributed by atoms with van der Waals surface area (Å²) in [5.41, 5.74) is 2.63. The molecule has 0 saturated heterocycles. The van der Waals surface area contributed by atoms with Crippen LogP contribution < -0.4 is 4.74 Å². The van der Waals surface area contributed by atoms with Gasteiger partial charge in [0.15, 0.2) is 0 Å². The van der Waals surface area contributed by atoms with Crippen LogP contribution in [0.3, 0.4) is 0 Å². The van der Waals surface area contributed by atoms with Gasteiger partial charge in [0, 0.05) is 5.56 Å². The lowest BCUT2D eigenvalue weighted by Crippen LogP contribution is -2.17. The number of halogens is 3. The summed E-state index contributed by atoms with van der Waals surface area (Å²) in [5, 5.41) is 3.77. The van der Waals surface area contributed by atoms with Crippen LogP contribution in [0.5, 0.6) is 5.75 Å². The van der Waals surface area contributed by atoms with E-state index >= 15 is 0 Å². The summed E-state index contributed by atoms with van der Waals surface area (Å²) in [7, 11) is 0. The highest BCUT2D eigenvalue weighted by Crippen LogP contribution is 2.22. The van der Waals surface area contributed by atoms with Crippen molar-refractivity contribution in [3.05, 3.63) is 65.2 Å². The maximum atomic E-state index is 12.0. The second-order valence-corrected chi connectivity index (χ2v) is 4.68. The third-order valence-corrected chi connectivity index (χ3v) is 3.02. The van der Waals surface area contributed by atoms with Gasteiger partial charge >= 0.3 is 6.36 Å². The Kier molecular flexibility index (Phi) is 5.62.